The van der Waals surface area contributed by atoms with E-state index in [0.717, 1.165) is 0 Å². The van der Waals surface area contributed by atoms with Crippen LogP contribution in [0.5, 0.6) is 0 Å². The van der Waals surface area contributed by atoms with E-state index in [9.17, 15) is 4.79 Å². The highest BCUT2D eigenvalue weighted by Gasteiger charge is 2.18. The van der Waals surface area contributed by atoms with Crippen LogP contribution in [0.2, 0.25) is 0 Å². The molecule has 0 saturated heterocycles. The van der Waals surface area contributed by atoms with E-state index in [-0.39, 0.29) is 24.2 Å². The van der Waals surface area contributed by atoms with E-state index < -0.39 is 5.91 Å². The molecule has 0 spiro atoms. The van der Waals surface area contributed by atoms with Crippen molar-refractivity contribution >= 4 is 11.7 Å². The van der Waals surface area contributed by atoms with Crippen molar-refractivity contribution < 1.29 is 14.5 Å². The zero-order chi connectivity index (χ0) is 10.6. The fourth-order valence-corrected chi connectivity index (χ4v) is 0.884. The van der Waals surface area contributed by atoms with Crippen molar-refractivity contribution in [3.05, 3.63) is 5.69 Å². The van der Waals surface area contributed by atoms with E-state index in [1.165, 1.54) is 0 Å². The average molecular weight is 200 g/mol. The number of aromatic nitrogens is 2. The van der Waals surface area contributed by atoms with Gasteiger partial charge in [-0.1, -0.05) is 6.92 Å². The molecule has 1 aromatic rings. The van der Waals surface area contributed by atoms with Gasteiger partial charge in [0.1, 0.15) is 0 Å². The van der Waals surface area contributed by atoms with E-state index in [2.05, 4.69) is 20.3 Å². The zero-order valence-electron chi connectivity index (χ0n) is 7.73. The predicted octanol–water partition coefficient (Wildman–Crippen LogP) is -0.848. The Morgan fingerprint density at radius 3 is 2.86 bits per heavy atom. The van der Waals surface area contributed by atoms with Gasteiger partial charge in [0.05, 0.1) is 12.6 Å². The second kappa shape index (κ2) is 4.56. The van der Waals surface area contributed by atoms with Crippen LogP contribution in [0.3, 0.4) is 0 Å². The molecule has 7 nitrogen and oxygen atoms in total. The minimum atomic E-state index is -0.496. The molecule has 1 heterocycles. The molecule has 4 N–H and O–H groups in total. The van der Waals surface area contributed by atoms with Crippen LogP contribution in [0.25, 0.3) is 0 Å². The Labute approximate surface area is 80.2 Å². The number of hydrogen-bond donors (Lipinski definition) is 3. The Hall–Kier alpha value is -1.63. The number of nitrogens with one attached hydrogen (secondary N) is 1. The molecular weight excluding hydrogens is 188 g/mol. The zero-order valence-corrected chi connectivity index (χ0v) is 7.73. The summed E-state index contributed by atoms with van der Waals surface area (Å²) in [6, 6.07) is -0.307. The number of carbonyl (C=O) groups excluding carboxylic acids is 1. The second-order valence-corrected chi connectivity index (χ2v) is 2.76. The smallest absolute Gasteiger partial charge is 0.277 e. The third-order valence-corrected chi connectivity index (χ3v) is 1.78. The van der Waals surface area contributed by atoms with Gasteiger partial charge in [-0.15, -0.1) is 0 Å². The lowest BCUT2D eigenvalue weighted by molar-refractivity contribution is 0.0905. The van der Waals surface area contributed by atoms with Gasteiger partial charge in [-0.05, 0) is 16.7 Å². The molecule has 0 fully saturated rings. The lowest BCUT2D eigenvalue weighted by Crippen LogP contribution is -2.37. The molecule has 0 aliphatic heterocycles. The van der Waals surface area contributed by atoms with Crippen LogP contribution in [0, 0.1) is 0 Å². The molecule has 1 atom stereocenters. The van der Waals surface area contributed by atoms with Crippen LogP contribution < -0.4 is 11.1 Å². The molecule has 14 heavy (non-hydrogen) atoms. The first-order chi connectivity index (χ1) is 6.69. The summed E-state index contributed by atoms with van der Waals surface area (Å²) < 4.78 is 4.27. The number of aliphatic hydroxyl groups is 1. The Bertz CT molecular complexity index is 308. The maximum atomic E-state index is 11.4. The Kier molecular flexibility index (Phi) is 3.41. The topological polar surface area (TPSA) is 114 Å². The van der Waals surface area contributed by atoms with E-state index in [1.807, 2.05) is 6.92 Å². The van der Waals surface area contributed by atoms with Crippen LogP contribution in [-0.4, -0.2) is 34.0 Å². The first-order valence-electron chi connectivity index (χ1n) is 4.18. The minimum Gasteiger partial charge on any atom is -0.394 e. The monoisotopic (exact) mass is 200 g/mol. The summed E-state index contributed by atoms with van der Waals surface area (Å²) >= 11 is 0. The van der Waals surface area contributed by atoms with E-state index in [1.54, 1.807) is 0 Å². The quantitative estimate of drug-likeness (QED) is 0.583. The minimum absolute atomic E-state index is 0.0584. The van der Waals surface area contributed by atoms with Crippen molar-refractivity contribution in [1.82, 2.24) is 15.6 Å². The summed E-state index contributed by atoms with van der Waals surface area (Å²) in [6.45, 7) is 1.71. The van der Waals surface area contributed by atoms with Crippen molar-refractivity contribution in [2.24, 2.45) is 0 Å². The van der Waals surface area contributed by atoms with Gasteiger partial charge in [-0.3, -0.25) is 4.79 Å². The third kappa shape index (κ3) is 2.19. The molecule has 1 rings (SSSR count). The molecule has 0 aliphatic carbocycles. The Morgan fingerprint density at radius 2 is 2.43 bits per heavy atom. The standard InChI is InChI=1S/C7H12N4O3/c1-2-4(3-12)9-7(13)5-6(8)11-14-10-5/h4,12H,2-3H2,1H3,(H2,8,11)(H,9,13)/t4-/m1/s1. The Morgan fingerprint density at radius 1 is 1.71 bits per heavy atom. The van der Waals surface area contributed by atoms with Crippen molar-refractivity contribution in [3.63, 3.8) is 0 Å². The molecule has 7 heteroatoms. The van der Waals surface area contributed by atoms with Gasteiger partial charge in [0.25, 0.3) is 5.91 Å². The fourth-order valence-electron chi connectivity index (χ4n) is 0.884. The van der Waals surface area contributed by atoms with Gasteiger partial charge in [0.15, 0.2) is 0 Å². The van der Waals surface area contributed by atoms with Gasteiger partial charge < -0.3 is 16.2 Å². The highest BCUT2D eigenvalue weighted by atomic mass is 16.6. The van der Waals surface area contributed by atoms with Gasteiger partial charge in [-0.2, -0.15) is 0 Å². The van der Waals surface area contributed by atoms with Gasteiger partial charge in [0.2, 0.25) is 11.5 Å². The maximum absolute atomic E-state index is 11.4. The van der Waals surface area contributed by atoms with Gasteiger partial charge >= 0.3 is 0 Å². The summed E-state index contributed by atoms with van der Waals surface area (Å²) in [5, 5.41) is 18.0. The normalized spacial score (nSPS) is 12.4. The molecular formula is C7H12N4O3. The number of anilines is 1. The average Bonchev–Trinajstić information content (AvgIpc) is 2.60. The van der Waals surface area contributed by atoms with Crippen LogP contribution >= 0.6 is 0 Å². The first-order valence-corrected chi connectivity index (χ1v) is 4.18. The number of rotatable bonds is 4. The summed E-state index contributed by atoms with van der Waals surface area (Å²) in [6.07, 6.45) is 0.618. The van der Waals surface area contributed by atoms with Crippen molar-refractivity contribution in [2.45, 2.75) is 19.4 Å². The fraction of sp³-hybridized carbons (Fsp3) is 0.571. The molecule has 0 saturated carbocycles. The van der Waals surface area contributed by atoms with E-state index >= 15 is 0 Å². The molecule has 0 unspecified atom stereocenters. The van der Waals surface area contributed by atoms with Crippen LogP contribution in [0.4, 0.5) is 5.82 Å². The molecule has 1 amide bonds. The number of aliphatic hydroxyl groups excluding tert-OH is 1. The highest BCUT2D eigenvalue weighted by molar-refractivity contribution is 5.96. The summed E-state index contributed by atoms with van der Waals surface area (Å²) in [7, 11) is 0. The molecule has 0 radical (unpaired) electrons. The van der Waals surface area contributed by atoms with Crippen molar-refractivity contribution in [1.29, 1.82) is 0 Å². The number of nitrogens with zero attached hydrogens (tertiary/aromatic N) is 2. The van der Waals surface area contributed by atoms with E-state index in [0.29, 0.717) is 6.42 Å². The van der Waals surface area contributed by atoms with Crippen LogP contribution in [0.1, 0.15) is 23.8 Å². The summed E-state index contributed by atoms with van der Waals surface area (Å²) in [5.74, 6) is -0.556. The lowest BCUT2D eigenvalue weighted by Gasteiger charge is -2.12. The number of amides is 1. The molecule has 1 aromatic heterocycles. The molecule has 78 valence electrons. The summed E-state index contributed by atoms with van der Waals surface area (Å²) in [5.41, 5.74) is 5.25. The summed E-state index contributed by atoms with van der Waals surface area (Å²) in [4.78, 5) is 11.4. The predicted molar refractivity (Wildman–Crippen MR) is 47.3 cm³/mol. The molecule has 0 aromatic carbocycles. The van der Waals surface area contributed by atoms with Crippen molar-refractivity contribution in [2.75, 3.05) is 12.3 Å². The third-order valence-electron chi connectivity index (χ3n) is 1.78. The lowest BCUT2D eigenvalue weighted by atomic mass is 10.2. The van der Waals surface area contributed by atoms with Crippen molar-refractivity contribution in [3.8, 4) is 0 Å². The number of nitrogens with two attached hydrogens (primary N) is 1. The molecule has 0 aliphatic rings. The number of nitrogen functional groups attached to an aromatic ring is 1. The van der Waals surface area contributed by atoms with Gasteiger partial charge in [-0.25, -0.2) is 4.63 Å². The molecule has 0 bridgehead atoms. The second-order valence-electron chi connectivity index (χ2n) is 2.76. The van der Waals surface area contributed by atoms with Crippen LogP contribution in [-0.2, 0) is 0 Å². The number of hydrogen-bond acceptors (Lipinski definition) is 6. The SMILES string of the molecule is CC[C@H](CO)NC(=O)c1nonc1N. The van der Waals surface area contributed by atoms with Gasteiger partial charge in [0, 0.05) is 0 Å². The first kappa shape index (κ1) is 10.5. The largest absolute Gasteiger partial charge is 0.394 e. The number of carbonyl (C=O) groups is 1. The highest BCUT2D eigenvalue weighted by Crippen LogP contribution is 2.04. The Balaban J connectivity index is 2.63. The van der Waals surface area contributed by atoms with E-state index in [4.69, 9.17) is 10.8 Å². The maximum Gasteiger partial charge on any atom is 0.277 e. The van der Waals surface area contributed by atoms with Crippen LogP contribution in [0.15, 0.2) is 4.63 Å².